The van der Waals surface area contributed by atoms with Gasteiger partial charge in [-0.2, -0.15) is 0 Å². The van der Waals surface area contributed by atoms with Crippen LogP contribution in [0.1, 0.15) is 30.0 Å². The van der Waals surface area contributed by atoms with Gasteiger partial charge in [0.15, 0.2) is 6.10 Å². The average molecular weight is 341 g/mol. The summed E-state index contributed by atoms with van der Waals surface area (Å²) in [5, 5.41) is 2.88. The molecule has 1 unspecified atom stereocenters. The first kappa shape index (κ1) is 18.8. The van der Waals surface area contributed by atoms with Gasteiger partial charge in [-0.15, -0.1) is 0 Å². The van der Waals surface area contributed by atoms with E-state index in [9.17, 15) is 4.79 Å². The van der Waals surface area contributed by atoms with E-state index in [2.05, 4.69) is 19.2 Å². The van der Waals surface area contributed by atoms with Crippen LogP contribution < -0.4 is 14.8 Å². The predicted molar refractivity (Wildman–Crippen MR) is 100 cm³/mol. The number of nitrogens with one attached hydrogen (secondary N) is 1. The lowest BCUT2D eigenvalue weighted by atomic mass is 10.1. The molecule has 134 valence electrons. The summed E-state index contributed by atoms with van der Waals surface area (Å²) in [6, 6.07) is 13.7. The zero-order valence-electron chi connectivity index (χ0n) is 15.5. The van der Waals surface area contributed by atoms with Gasteiger partial charge in [-0.3, -0.25) is 4.79 Å². The molecule has 1 N–H and O–H groups in total. The molecule has 0 spiro atoms. The second-order valence-corrected chi connectivity index (χ2v) is 6.22. The summed E-state index contributed by atoms with van der Waals surface area (Å²) in [5.41, 5.74) is 3.54. The van der Waals surface area contributed by atoms with Gasteiger partial charge in [0.2, 0.25) is 0 Å². The van der Waals surface area contributed by atoms with Crippen LogP contribution in [0.25, 0.3) is 0 Å². The normalized spacial score (nSPS) is 11.7. The van der Waals surface area contributed by atoms with Crippen molar-refractivity contribution in [3.8, 4) is 11.5 Å². The van der Waals surface area contributed by atoms with Crippen molar-refractivity contribution >= 4 is 5.91 Å². The van der Waals surface area contributed by atoms with E-state index in [1.807, 2.05) is 56.3 Å². The van der Waals surface area contributed by atoms with E-state index in [-0.39, 0.29) is 5.91 Å². The quantitative estimate of drug-likeness (QED) is 0.739. The molecule has 0 radical (unpaired) electrons. The molecule has 2 rings (SSSR count). The summed E-state index contributed by atoms with van der Waals surface area (Å²) < 4.78 is 11.5. The number of ether oxygens (including phenoxy) is 2. The highest BCUT2D eigenvalue weighted by Gasteiger charge is 2.17. The minimum Gasteiger partial charge on any atom is -0.492 e. The molecule has 0 fully saturated rings. The molecule has 25 heavy (non-hydrogen) atoms. The van der Waals surface area contributed by atoms with Crippen molar-refractivity contribution in [2.45, 2.75) is 40.2 Å². The van der Waals surface area contributed by atoms with E-state index in [1.54, 1.807) is 0 Å². The number of carbonyl (C=O) groups excluding carboxylic acids is 1. The molecule has 0 saturated heterocycles. The van der Waals surface area contributed by atoms with Crippen molar-refractivity contribution in [1.29, 1.82) is 0 Å². The van der Waals surface area contributed by atoms with E-state index in [4.69, 9.17) is 9.47 Å². The third-order valence-corrected chi connectivity index (χ3v) is 4.08. The summed E-state index contributed by atoms with van der Waals surface area (Å²) in [6.07, 6.45) is 0.112. The first-order valence-electron chi connectivity index (χ1n) is 8.70. The predicted octanol–water partition coefficient (Wildman–Crippen LogP) is 3.96. The van der Waals surface area contributed by atoms with Crippen LogP contribution in [-0.2, 0) is 4.79 Å². The molecule has 1 amide bonds. The molecule has 2 aromatic rings. The van der Waals surface area contributed by atoms with Crippen LogP contribution in [-0.4, -0.2) is 25.2 Å². The molecule has 0 aromatic heterocycles. The fourth-order valence-corrected chi connectivity index (χ4v) is 2.44. The molecule has 1 atom stereocenters. The molecule has 0 saturated carbocycles. The van der Waals surface area contributed by atoms with Crippen molar-refractivity contribution in [2.24, 2.45) is 0 Å². The molecule has 4 heteroatoms. The topological polar surface area (TPSA) is 47.6 Å². The van der Waals surface area contributed by atoms with Crippen LogP contribution in [0.3, 0.4) is 0 Å². The van der Waals surface area contributed by atoms with Gasteiger partial charge in [0.1, 0.15) is 18.1 Å². The Morgan fingerprint density at radius 2 is 1.84 bits per heavy atom. The Balaban J connectivity index is 1.78. The summed E-state index contributed by atoms with van der Waals surface area (Å²) >= 11 is 0. The number of aryl methyl sites for hydroxylation is 3. The van der Waals surface area contributed by atoms with Gasteiger partial charge in [-0.25, -0.2) is 0 Å². The SMILES string of the molecule is CCC(Oc1cccc(C)c1)C(=O)NCCOc1ccc(C)c(C)c1. The first-order chi connectivity index (χ1) is 12.0. The lowest BCUT2D eigenvalue weighted by molar-refractivity contribution is -0.128. The third kappa shape index (κ3) is 5.82. The van der Waals surface area contributed by atoms with Crippen molar-refractivity contribution in [3.05, 3.63) is 59.2 Å². The van der Waals surface area contributed by atoms with Crippen LogP contribution in [0.5, 0.6) is 11.5 Å². The molecule has 0 bridgehead atoms. The number of rotatable bonds is 8. The largest absolute Gasteiger partial charge is 0.492 e. The van der Waals surface area contributed by atoms with Gasteiger partial charge in [0.25, 0.3) is 5.91 Å². The molecule has 4 nitrogen and oxygen atoms in total. The van der Waals surface area contributed by atoms with E-state index >= 15 is 0 Å². The fraction of sp³-hybridized carbons (Fsp3) is 0.381. The maximum absolute atomic E-state index is 12.3. The van der Waals surface area contributed by atoms with Gasteiger partial charge in [0.05, 0.1) is 6.54 Å². The Morgan fingerprint density at radius 1 is 1.04 bits per heavy atom. The molecule has 0 aliphatic rings. The zero-order chi connectivity index (χ0) is 18.2. The van der Waals surface area contributed by atoms with Crippen LogP contribution >= 0.6 is 0 Å². The maximum atomic E-state index is 12.3. The highest BCUT2D eigenvalue weighted by molar-refractivity contribution is 5.81. The summed E-state index contributed by atoms with van der Waals surface area (Å²) in [6.45, 7) is 8.93. The highest BCUT2D eigenvalue weighted by atomic mass is 16.5. The maximum Gasteiger partial charge on any atom is 0.261 e. The van der Waals surface area contributed by atoms with Crippen LogP contribution in [0, 0.1) is 20.8 Å². The Kier molecular flexibility index (Phi) is 6.87. The van der Waals surface area contributed by atoms with Gasteiger partial charge < -0.3 is 14.8 Å². The Morgan fingerprint density at radius 3 is 2.52 bits per heavy atom. The van der Waals surface area contributed by atoms with E-state index < -0.39 is 6.10 Å². The number of hydrogen-bond donors (Lipinski definition) is 1. The van der Waals surface area contributed by atoms with Crippen molar-refractivity contribution in [2.75, 3.05) is 13.2 Å². The number of amides is 1. The summed E-state index contributed by atoms with van der Waals surface area (Å²) in [7, 11) is 0. The van der Waals surface area contributed by atoms with Crippen molar-refractivity contribution in [1.82, 2.24) is 5.32 Å². The molecule has 2 aromatic carbocycles. The van der Waals surface area contributed by atoms with Crippen LogP contribution in [0.15, 0.2) is 42.5 Å². The molecule has 0 aliphatic heterocycles. The monoisotopic (exact) mass is 341 g/mol. The number of benzene rings is 2. The second kappa shape index (κ2) is 9.11. The zero-order valence-corrected chi connectivity index (χ0v) is 15.5. The standard InChI is InChI=1S/C21H27NO3/c1-5-20(25-19-8-6-7-15(2)13-19)21(23)22-11-12-24-18-10-9-16(3)17(4)14-18/h6-10,13-14,20H,5,11-12H2,1-4H3,(H,22,23). The summed E-state index contributed by atoms with van der Waals surface area (Å²) in [5.74, 6) is 1.42. The van der Waals surface area contributed by atoms with Crippen LogP contribution in [0.4, 0.5) is 0 Å². The Hall–Kier alpha value is -2.49. The van der Waals surface area contributed by atoms with Gasteiger partial charge in [-0.05, 0) is 68.1 Å². The van der Waals surface area contributed by atoms with Crippen LogP contribution in [0.2, 0.25) is 0 Å². The lowest BCUT2D eigenvalue weighted by Crippen LogP contribution is -2.39. The van der Waals surface area contributed by atoms with E-state index in [0.717, 1.165) is 11.3 Å². The van der Waals surface area contributed by atoms with Gasteiger partial charge >= 0.3 is 0 Å². The highest BCUT2D eigenvalue weighted by Crippen LogP contribution is 2.17. The van der Waals surface area contributed by atoms with E-state index in [1.165, 1.54) is 11.1 Å². The first-order valence-corrected chi connectivity index (χ1v) is 8.70. The Labute approximate surface area is 150 Å². The lowest BCUT2D eigenvalue weighted by Gasteiger charge is -2.17. The van der Waals surface area contributed by atoms with E-state index in [0.29, 0.717) is 25.3 Å². The molecular formula is C21H27NO3. The van der Waals surface area contributed by atoms with Gasteiger partial charge in [-0.1, -0.05) is 25.1 Å². The number of hydrogen-bond acceptors (Lipinski definition) is 3. The summed E-state index contributed by atoms with van der Waals surface area (Å²) in [4.78, 5) is 12.3. The minimum absolute atomic E-state index is 0.118. The Bertz CT molecular complexity index is 712. The number of carbonyl (C=O) groups is 1. The fourth-order valence-electron chi connectivity index (χ4n) is 2.44. The third-order valence-electron chi connectivity index (χ3n) is 4.08. The smallest absolute Gasteiger partial charge is 0.261 e. The molecular weight excluding hydrogens is 314 g/mol. The van der Waals surface area contributed by atoms with Gasteiger partial charge in [0, 0.05) is 0 Å². The minimum atomic E-state index is -0.497. The average Bonchev–Trinajstić information content (AvgIpc) is 2.59. The van der Waals surface area contributed by atoms with Crippen molar-refractivity contribution < 1.29 is 14.3 Å². The van der Waals surface area contributed by atoms with Crippen molar-refractivity contribution in [3.63, 3.8) is 0 Å². The molecule has 0 heterocycles. The second-order valence-electron chi connectivity index (χ2n) is 6.22. The molecule has 0 aliphatic carbocycles.